The summed E-state index contributed by atoms with van der Waals surface area (Å²) in [5, 5.41) is 12.2. The van der Waals surface area contributed by atoms with Crippen LogP contribution < -0.4 is 10.2 Å². The van der Waals surface area contributed by atoms with E-state index in [9.17, 15) is 14.0 Å². The van der Waals surface area contributed by atoms with Crippen LogP contribution in [-0.4, -0.2) is 55.1 Å². The van der Waals surface area contributed by atoms with E-state index in [0.29, 0.717) is 5.69 Å². The summed E-state index contributed by atoms with van der Waals surface area (Å²) in [5.74, 6) is -1.85. The summed E-state index contributed by atoms with van der Waals surface area (Å²) in [5.41, 5.74) is 3.91. The summed E-state index contributed by atoms with van der Waals surface area (Å²) >= 11 is 6.25. The zero-order valence-electron chi connectivity index (χ0n) is 18.9. The van der Waals surface area contributed by atoms with E-state index < -0.39 is 17.7 Å². The van der Waals surface area contributed by atoms with Gasteiger partial charge in [-0.3, -0.25) is 4.79 Å². The highest BCUT2D eigenvalue weighted by Crippen LogP contribution is 2.34. The number of nitrogens with one attached hydrogen (secondary N) is 1. The number of anilines is 2. The van der Waals surface area contributed by atoms with Gasteiger partial charge in [0.1, 0.15) is 5.82 Å². The number of carboxylic acids is 1. The van der Waals surface area contributed by atoms with Crippen molar-refractivity contribution in [3.05, 3.63) is 82.1 Å². The van der Waals surface area contributed by atoms with E-state index in [1.54, 1.807) is 24.3 Å². The molecule has 1 heterocycles. The Bertz CT molecular complexity index is 1240. The van der Waals surface area contributed by atoms with Crippen molar-refractivity contribution in [1.82, 2.24) is 4.90 Å². The molecule has 3 aromatic rings. The Balaban J connectivity index is 1.69. The molecular formula is C26H25ClFN3O3. The number of halogens is 2. The average Bonchev–Trinajstić information content (AvgIpc) is 2.83. The zero-order chi connectivity index (χ0) is 24.4. The number of rotatable bonds is 5. The van der Waals surface area contributed by atoms with Crippen molar-refractivity contribution in [3.63, 3.8) is 0 Å². The van der Waals surface area contributed by atoms with Gasteiger partial charge in [0.15, 0.2) is 0 Å². The Kier molecular flexibility index (Phi) is 6.86. The van der Waals surface area contributed by atoms with Crippen LogP contribution in [-0.2, 0) is 0 Å². The van der Waals surface area contributed by atoms with Crippen molar-refractivity contribution in [3.8, 4) is 11.1 Å². The lowest BCUT2D eigenvalue weighted by Gasteiger charge is -2.35. The van der Waals surface area contributed by atoms with Crippen molar-refractivity contribution in [2.24, 2.45) is 0 Å². The van der Waals surface area contributed by atoms with E-state index in [1.807, 2.05) is 18.2 Å². The number of benzene rings is 3. The largest absolute Gasteiger partial charge is 0.478 e. The van der Waals surface area contributed by atoms with Gasteiger partial charge < -0.3 is 20.2 Å². The molecule has 1 saturated heterocycles. The van der Waals surface area contributed by atoms with Crippen LogP contribution >= 0.6 is 11.6 Å². The van der Waals surface area contributed by atoms with E-state index in [-0.39, 0.29) is 21.7 Å². The number of aromatic carboxylic acids is 1. The Morgan fingerprint density at radius 1 is 0.971 bits per heavy atom. The molecule has 0 saturated carbocycles. The van der Waals surface area contributed by atoms with Crippen molar-refractivity contribution >= 4 is 34.9 Å². The fourth-order valence-corrected chi connectivity index (χ4v) is 4.20. The molecule has 0 spiro atoms. The number of carboxylic acid groups (broad SMARTS) is 1. The minimum atomic E-state index is -0.975. The van der Waals surface area contributed by atoms with Gasteiger partial charge in [-0.2, -0.15) is 0 Å². The second kappa shape index (κ2) is 9.83. The van der Waals surface area contributed by atoms with Crippen molar-refractivity contribution in [2.45, 2.75) is 6.92 Å². The Morgan fingerprint density at radius 3 is 2.26 bits per heavy atom. The fraction of sp³-hybridized carbons (Fsp3) is 0.231. The number of hydrogen-bond donors (Lipinski definition) is 2. The van der Waals surface area contributed by atoms with E-state index in [0.717, 1.165) is 43.0 Å². The number of hydrogen-bond acceptors (Lipinski definition) is 4. The maximum Gasteiger partial charge on any atom is 0.335 e. The molecule has 3 aromatic carbocycles. The molecule has 1 fully saturated rings. The minimum absolute atomic E-state index is 0.0915. The van der Waals surface area contributed by atoms with Crippen molar-refractivity contribution in [2.75, 3.05) is 43.4 Å². The number of likely N-dealkylation sites (N-methyl/N-ethyl adjacent to an activating group) is 1. The highest BCUT2D eigenvalue weighted by atomic mass is 35.5. The molecule has 8 heteroatoms. The van der Waals surface area contributed by atoms with E-state index in [1.165, 1.54) is 19.1 Å². The molecular weight excluding hydrogens is 457 g/mol. The Hall–Kier alpha value is -3.42. The van der Waals surface area contributed by atoms with Gasteiger partial charge in [0.2, 0.25) is 0 Å². The monoisotopic (exact) mass is 481 g/mol. The third-order valence-corrected chi connectivity index (χ3v) is 6.61. The Labute approximate surface area is 202 Å². The van der Waals surface area contributed by atoms with Crippen LogP contribution in [0.15, 0.2) is 54.6 Å². The predicted octanol–water partition coefficient (Wildman–Crippen LogP) is 5.16. The van der Waals surface area contributed by atoms with Crippen molar-refractivity contribution in [1.29, 1.82) is 0 Å². The maximum absolute atomic E-state index is 13.8. The van der Waals surface area contributed by atoms with Gasteiger partial charge in [0, 0.05) is 31.7 Å². The molecule has 176 valence electrons. The van der Waals surface area contributed by atoms with Gasteiger partial charge in [0.25, 0.3) is 5.91 Å². The molecule has 34 heavy (non-hydrogen) atoms. The van der Waals surface area contributed by atoms with Gasteiger partial charge >= 0.3 is 5.97 Å². The molecule has 1 amide bonds. The molecule has 0 aliphatic carbocycles. The number of piperazine rings is 1. The van der Waals surface area contributed by atoms with Gasteiger partial charge in [0.05, 0.1) is 27.5 Å². The lowest BCUT2D eigenvalue weighted by molar-refractivity contribution is 0.0696. The molecule has 0 unspecified atom stereocenters. The molecule has 0 atom stereocenters. The predicted molar refractivity (Wildman–Crippen MR) is 133 cm³/mol. The normalized spacial score (nSPS) is 14.2. The topological polar surface area (TPSA) is 72.9 Å². The number of amides is 1. The second-order valence-electron chi connectivity index (χ2n) is 8.39. The minimum Gasteiger partial charge on any atom is -0.478 e. The van der Waals surface area contributed by atoms with Crippen LogP contribution in [0.25, 0.3) is 11.1 Å². The highest BCUT2D eigenvalue weighted by Gasteiger charge is 2.21. The van der Waals surface area contributed by atoms with Crippen LogP contribution in [0.4, 0.5) is 15.8 Å². The third-order valence-electron chi connectivity index (χ3n) is 6.12. The first-order chi connectivity index (χ1) is 16.2. The molecule has 2 N–H and O–H groups in total. The number of carbonyl (C=O) groups is 2. The average molecular weight is 482 g/mol. The fourth-order valence-electron chi connectivity index (χ4n) is 3.96. The molecule has 1 aliphatic rings. The van der Waals surface area contributed by atoms with Crippen LogP contribution in [0.2, 0.25) is 5.02 Å². The zero-order valence-corrected chi connectivity index (χ0v) is 19.7. The molecule has 1 aliphatic heterocycles. The lowest BCUT2D eigenvalue weighted by atomic mass is 10.0. The van der Waals surface area contributed by atoms with Gasteiger partial charge in [-0.05, 0) is 61.5 Å². The lowest BCUT2D eigenvalue weighted by Crippen LogP contribution is -2.44. The summed E-state index contributed by atoms with van der Waals surface area (Å²) in [6.07, 6.45) is 0. The Morgan fingerprint density at radius 2 is 1.62 bits per heavy atom. The third kappa shape index (κ3) is 4.90. The molecule has 0 radical (unpaired) electrons. The van der Waals surface area contributed by atoms with E-state index in [2.05, 4.69) is 22.2 Å². The van der Waals surface area contributed by atoms with Crippen LogP contribution in [0, 0.1) is 12.7 Å². The number of nitrogens with zero attached hydrogens (tertiary/aromatic N) is 2. The summed E-state index contributed by atoms with van der Waals surface area (Å²) in [4.78, 5) is 28.7. The van der Waals surface area contributed by atoms with Crippen molar-refractivity contribution < 1.29 is 19.1 Å². The van der Waals surface area contributed by atoms with E-state index in [4.69, 9.17) is 16.7 Å². The first kappa shape index (κ1) is 23.7. The number of carbonyl (C=O) groups excluding carboxylic acids is 1. The first-order valence-corrected chi connectivity index (χ1v) is 11.3. The molecule has 4 rings (SSSR count). The first-order valence-electron chi connectivity index (χ1n) is 10.9. The molecule has 0 aromatic heterocycles. The summed E-state index contributed by atoms with van der Waals surface area (Å²) < 4.78 is 13.8. The van der Waals surface area contributed by atoms with Crippen LogP contribution in [0.5, 0.6) is 0 Å². The highest BCUT2D eigenvalue weighted by molar-refractivity contribution is 6.35. The quantitative estimate of drug-likeness (QED) is 0.527. The standard InChI is InChI=1S/C26H25ClFN3O3/c1-16-21(28)9-8-20(24(16)27)25(32)29-22-10-7-19(17-3-5-18(6-4-17)26(33)34)15-23(22)31-13-11-30(2)12-14-31/h3-10,15H,11-14H2,1-2H3,(H,29,32)(H,33,34). The van der Waals surface area contributed by atoms with Crippen LogP contribution in [0.1, 0.15) is 26.3 Å². The second-order valence-corrected chi connectivity index (χ2v) is 8.77. The van der Waals surface area contributed by atoms with Crippen LogP contribution in [0.3, 0.4) is 0 Å². The van der Waals surface area contributed by atoms with E-state index >= 15 is 0 Å². The SMILES string of the molecule is Cc1c(F)ccc(C(=O)Nc2ccc(-c3ccc(C(=O)O)cc3)cc2N2CCN(C)CC2)c1Cl. The molecule has 0 bridgehead atoms. The summed E-state index contributed by atoms with van der Waals surface area (Å²) in [7, 11) is 2.07. The summed E-state index contributed by atoms with van der Waals surface area (Å²) in [6.45, 7) is 4.88. The van der Waals surface area contributed by atoms with Gasteiger partial charge in [-0.15, -0.1) is 0 Å². The summed E-state index contributed by atoms with van der Waals surface area (Å²) in [6, 6.07) is 15.0. The molecule has 6 nitrogen and oxygen atoms in total. The van der Waals surface area contributed by atoms with Gasteiger partial charge in [-0.1, -0.05) is 29.8 Å². The maximum atomic E-state index is 13.8. The van der Waals surface area contributed by atoms with Gasteiger partial charge in [-0.25, -0.2) is 9.18 Å². The smallest absolute Gasteiger partial charge is 0.335 e.